The first kappa shape index (κ1) is 27.5. The number of benzene rings is 6. The fourth-order valence-corrected chi connectivity index (χ4v) is 6.40. The molecule has 46 heavy (non-hydrogen) atoms. The van der Waals surface area contributed by atoms with Gasteiger partial charge in [0.1, 0.15) is 11.5 Å². The molecule has 0 amide bonds. The second-order valence-electron chi connectivity index (χ2n) is 11.3. The zero-order valence-electron chi connectivity index (χ0n) is 25.6. The molecule has 0 fully saturated rings. The molecule has 4 nitrogen and oxygen atoms in total. The summed E-state index contributed by atoms with van der Waals surface area (Å²) in [6, 6.07) is 50.2. The van der Waals surface area contributed by atoms with Crippen molar-refractivity contribution in [2.75, 3.05) is 14.2 Å². The Kier molecular flexibility index (Phi) is 6.88. The van der Waals surface area contributed by atoms with Crippen molar-refractivity contribution in [1.29, 1.82) is 0 Å². The van der Waals surface area contributed by atoms with Gasteiger partial charge in [0.05, 0.1) is 37.0 Å². The molecule has 6 aromatic carbocycles. The third-order valence-corrected chi connectivity index (χ3v) is 8.66. The SMILES string of the molecule is COc1ccc2ccccc2c1-c1c(OC)ccc2cc(-c3cccc(-c4cccc(-c5ccc6ccccc6c5)n4)n3)ccc12. The number of fused-ring (bicyclic) bond motifs is 3. The minimum absolute atomic E-state index is 0.799. The van der Waals surface area contributed by atoms with Crippen LogP contribution in [-0.2, 0) is 0 Å². The van der Waals surface area contributed by atoms with E-state index in [1.54, 1.807) is 14.2 Å². The number of aromatic nitrogens is 2. The van der Waals surface area contributed by atoms with E-state index < -0.39 is 0 Å². The molecule has 2 aromatic heterocycles. The van der Waals surface area contributed by atoms with Gasteiger partial charge in [0.25, 0.3) is 0 Å². The van der Waals surface area contributed by atoms with E-state index in [9.17, 15) is 0 Å². The first-order valence-corrected chi connectivity index (χ1v) is 15.3. The van der Waals surface area contributed by atoms with Gasteiger partial charge >= 0.3 is 0 Å². The zero-order valence-corrected chi connectivity index (χ0v) is 25.6. The Balaban J connectivity index is 1.21. The van der Waals surface area contributed by atoms with Crippen LogP contribution in [0.1, 0.15) is 0 Å². The van der Waals surface area contributed by atoms with Gasteiger partial charge in [0, 0.05) is 22.3 Å². The van der Waals surface area contributed by atoms with Crippen LogP contribution in [0, 0.1) is 0 Å². The minimum atomic E-state index is 0.799. The van der Waals surface area contributed by atoms with Crippen LogP contribution in [0.2, 0.25) is 0 Å². The lowest BCUT2D eigenvalue weighted by Crippen LogP contribution is -1.95. The first-order valence-electron chi connectivity index (χ1n) is 15.3. The van der Waals surface area contributed by atoms with Crippen molar-refractivity contribution in [1.82, 2.24) is 9.97 Å². The fraction of sp³-hybridized carbons (Fsp3) is 0.0476. The highest BCUT2D eigenvalue weighted by Crippen LogP contribution is 2.45. The van der Waals surface area contributed by atoms with Gasteiger partial charge in [-0.15, -0.1) is 0 Å². The molecular weight excluding hydrogens is 564 g/mol. The van der Waals surface area contributed by atoms with Gasteiger partial charge in [0.2, 0.25) is 0 Å². The van der Waals surface area contributed by atoms with Gasteiger partial charge in [-0.3, -0.25) is 0 Å². The summed E-state index contributed by atoms with van der Waals surface area (Å²) < 4.78 is 11.8. The summed E-state index contributed by atoms with van der Waals surface area (Å²) in [6.07, 6.45) is 0. The Morgan fingerprint density at radius 2 is 0.848 bits per heavy atom. The Hall–Kier alpha value is -6.00. The minimum Gasteiger partial charge on any atom is -0.496 e. The van der Waals surface area contributed by atoms with Crippen LogP contribution >= 0.6 is 0 Å². The van der Waals surface area contributed by atoms with Crippen molar-refractivity contribution < 1.29 is 9.47 Å². The second-order valence-corrected chi connectivity index (χ2v) is 11.3. The molecular formula is C42H30N2O2. The Morgan fingerprint density at radius 1 is 0.370 bits per heavy atom. The molecule has 0 spiro atoms. The molecule has 8 rings (SSSR count). The molecule has 4 heteroatoms. The Labute approximate surface area is 267 Å². The topological polar surface area (TPSA) is 44.2 Å². The summed E-state index contributed by atoms with van der Waals surface area (Å²) in [5, 5.41) is 6.85. The molecule has 0 atom stereocenters. The van der Waals surface area contributed by atoms with Gasteiger partial charge in [-0.2, -0.15) is 0 Å². The third-order valence-electron chi connectivity index (χ3n) is 8.66. The van der Waals surface area contributed by atoms with Crippen LogP contribution in [0.15, 0.2) is 146 Å². The highest BCUT2D eigenvalue weighted by Gasteiger charge is 2.19. The normalized spacial score (nSPS) is 11.3. The summed E-state index contributed by atoms with van der Waals surface area (Å²) in [5.41, 5.74) is 7.62. The summed E-state index contributed by atoms with van der Waals surface area (Å²) in [6.45, 7) is 0. The van der Waals surface area contributed by atoms with Crippen molar-refractivity contribution in [3.8, 4) is 56.5 Å². The summed E-state index contributed by atoms with van der Waals surface area (Å²) in [5.74, 6) is 1.61. The number of hydrogen-bond acceptors (Lipinski definition) is 4. The quantitative estimate of drug-likeness (QED) is 0.192. The van der Waals surface area contributed by atoms with E-state index in [0.717, 1.165) is 78.1 Å². The zero-order chi connectivity index (χ0) is 31.0. The molecule has 0 saturated heterocycles. The van der Waals surface area contributed by atoms with Crippen LogP contribution in [0.5, 0.6) is 11.5 Å². The summed E-state index contributed by atoms with van der Waals surface area (Å²) >= 11 is 0. The lowest BCUT2D eigenvalue weighted by molar-refractivity contribution is 0.411. The number of rotatable bonds is 6. The maximum absolute atomic E-state index is 5.92. The standard InChI is InChI=1S/C42H30N2O2/c1-45-39-23-20-28-10-5-6-12-33(28)41(39)42-34-22-19-32(26-30(34)21-24-40(42)46-2)36-14-8-16-38(44-36)37-15-7-13-35(43-37)31-18-17-27-9-3-4-11-29(27)25-31/h3-26H,1-2H3. The molecule has 2 heterocycles. The van der Waals surface area contributed by atoms with Crippen LogP contribution in [0.3, 0.4) is 0 Å². The maximum Gasteiger partial charge on any atom is 0.127 e. The van der Waals surface area contributed by atoms with E-state index >= 15 is 0 Å². The maximum atomic E-state index is 5.92. The third kappa shape index (κ3) is 4.81. The van der Waals surface area contributed by atoms with E-state index in [2.05, 4.69) is 109 Å². The molecule has 0 bridgehead atoms. The van der Waals surface area contributed by atoms with E-state index in [-0.39, 0.29) is 0 Å². The van der Waals surface area contributed by atoms with Gasteiger partial charge < -0.3 is 9.47 Å². The van der Waals surface area contributed by atoms with Gasteiger partial charge in [0.15, 0.2) is 0 Å². The molecule has 0 aliphatic heterocycles. The molecule has 0 aliphatic carbocycles. The van der Waals surface area contributed by atoms with Crippen molar-refractivity contribution in [2.24, 2.45) is 0 Å². The van der Waals surface area contributed by atoms with Crippen molar-refractivity contribution in [3.63, 3.8) is 0 Å². The lowest BCUT2D eigenvalue weighted by atomic mass is 9.91. The van der Waals surface area contributed by atoms with Gasteiger partial charge in [-0.25, -0.2) is 9.97 Å². The lowest BCUT2D eigenvalue weighted by Gasteiger charge is -2.18. The smallest absolute Gasteiger partial charge is 0.127 e. The Morgan fingerprint density at radius 3 is 1.50 bits per heavy atom. The van der Waals surface area contributed by atoms with E-state index in [1.165, 1.54) is 10.8 Å². The Bertz CT molecular complexity index is 2410. The molecule has 220 valence electrons. The van der Waals surface area contributed by atoms with Crippen molar-refractivity contribution >= 4 is 32.3 Å². The van der Waals surface area contributed by atoms with Crippen LogP contribution in [-0.4, -0.2) is 24.2 Å². The van der Waals surface area contributed by atoms with Crippen molar-refractivity contribution in [3.05, 3.63) is 146 Å². The number of hydrogen-bond donors (Lipinski definition) is 0. The summed E-state index contributed by atoms with van der Waals surface area (Å²) in [4.78, 5) is 10.1. The highest BCUT2D eigenvalue weighted by atomic mass is 16.5. The highest BCUT2D eigenvalue weighted by molar-refractivity contribution is 6.10. The number of methoxy groups -OCH3 is 2. The average molecular weight is 595 g/mol. The molecule has 0 radical (unpaired) electrons. The molecule has 0 unspecified atom stereocenters. The van der Waals surface area contributed by atoms with Gasteiger partial charge in [-0.1, -0.05) is 97.1 Å². The monoisotopic (exact) mass is 594 g/mol. The molecule has 0 N–H and O–H groups in total. The number of pyridine rings is 2. The predicted molar refractivity (Wildman–Crippen MR) is 189 cm³/mol. The first-order chi connectivity index (χ1) is 22.7. The van der Waals surface area contributed by atoms with Crippen LogP contribution < -0.4 is 9.47 Å². The second kappa shape index (κ2) is 11.5. The predicted octanol–water partition coefficient (Wildman–Crippen LogP) is 10.6. The molecule has 0 aliphatic rings. The average Bonchev–Trinajstić information content (AvgIpc) is 3.13. The van der Waals surface area contributed by atoms with Crippen LogP contribution in [0.4, 0.5) is 0 Å². The van der Waals surface area contributed by atoms with Gasteiger partial charge in [-0.05, 0) is 80.8 Å². The van der Waals surface area contributed by atoms with Crippen LogP contribution in [0.25, 0.3) is 77.3 Å². The van der Waals surface area contributed by atoms with Crippen molar-refractivity contribution in [2.45, 2.75) is 0 Å². The molecule has 8 aromatic rings. The van der Waals surface area contributed by atoms with E-state index in [0.29, 0.717) is 0 Å². The van der Waals surface area contributed by atoms with E-state index in [1.807, 2.05) is 36.4 Å². The number of ether oxygens (including phenoxy) is 2. The fourth-order valence-electron chi connectivity index (χ4n) is 6.40. The number of nitrogens with zero attached hydrogens (tertiary/aromatic N) is 2. The van der Waals surface area contributed by atoms with E-state index in [4.69, 9.17) is 19.4 Å². The summed E-state index contributed by atoms with van der Waals surface area (Å²) in [7, 11) is 3.43. The molecule has 0 saturated carbocycles. The largest absolute Gasteiger partial charge is 0.496 e.